The van der Waals surface area contributed by atoms with Crippen LogP contribution >= 0.6 is 0 Å². The van der Waals surface area contributed by atoms with Crippen molar-refractivity contribution < 1.29 is 31.9 Å². The van der Waals surface area contributed by atoms with E-state index in [2.05, 4.69) is 10.3 Å². The molecule has 30 heavy (non-hydrogen) atoms. The lowest BCUT2D eigenvalue weighted by molar-refractivity contribution is -0.142. The Morgan fingerprint density at radius 3 is 2.60 bits per heavy atom. The number of fused-ring (bicyclic) bond motifs is 1. The van der Waals surface area contributed by atoms with E-state index in [9.17, 15) is 27.6 Å². The summed E-state index contributed by atoms with van der Waals surface area (Å²) in [4.78, 5) is 40.0. The second kappa shape index (κ2) is 7.97. The minimum absolute atomic E-state index is 0.0805. The molecule has 0 aliphatic rings. The molecule has 0 aliphatic carbocycles. The highest BCUT2D eigenvalue weighted by atomic mass is 19.4. The number of amides is 1. The Hall–Kier alpha value is -3.69. The number of rotatable bonds is 4. The van der Waals surface area contributed by atoms with E-state index in [1.807, 2.05) is 0 Å². The van der Waals surface area contributed by atoms with E-state index in [1.165, 1.54) is 31.3 Å². The fraction of sp³-hybridized carbons (Fsp3) is 0.200. The maximum atomic E-state index is 13.2. The second-order valence-electron chi connectivity index (χ2n) is 6.34. The molecule has 1 N–H and O–H groups in total. The summed E-state index contributed by atoms with van der Waals surface area (Å²) in [6.45, 7) is 2.59. The monoisotopic (exact) mass is 420 g/mol. The van der Waals surface area contributed by atoms with Crippen molar-refractivity contribution in [3.05, 3.63) is 69.3 Å². The van der Waals surface area contributed by atoms with E-state index in [-0.39, 0.29) is 17.6 Å². The summed E-state index contributed by atoms with van der Waals surface area (Å²) in [5, 5.41) is 2.38. The number of alkyl halides is 3. The molecule has 3 rings (SSSR count). The predicted molar refractivity (Wildman–Crippen MR) is 99.9 cm³/mol. The second-order valence-corrected chi connectivity index (χ2v) is 6.34. The van der Waals surface area contributed by atoms with Crippen LogP contribution in [0.4, 0.5) is 18.9 Å². The van der Waals surface area contributed by atoms with Crippen molar-refractivity contribution in [2.75, 3.05) is 5.32 Å². The summed E-state index contributed by atoms with van der Waals surface area (Å²) in [5.41, 5.74) is -2.31. The average Bonchev–Trinajstić information content (AvgIpc) is 2.67. The van der Waals surface area contributed by atoms with Crippen LogP contribution in [-0.2, 0) is 22.3 Å². The SMILES string of the molecule is CC(=O)OCc1cnc(C)c2oc(=O)c(C(=O)Nc3ccccc3C(F)(F)F)cc12. The molecular weight excluding hydrogens is 405 g/mol. The molecule has 1 aromatic carbocycles. The lowest BCUT2D eigenvalue weighted by Gasteiger charge is -2.13. The Labute approximate surface area is 167 Å². The van der Waals surface area contributed by atoms with Crippen molar-refractivity contribution in [2.24, 2.45) is 0 Å². The van der Waals surface area contributed by atoms with Gasteiger partial charge in [-0.1, -0.05) is 12.1 Å². The molecule has 0 atom stereocenters. The van der Waals surface area contributed by atoms with Gasteiger partial charge in [0.2, 0.25) is 0 Å². The number of anilines is 1. The molecule has 0 bridgehead atoms. The quantitative estimate of drug-likeness (QED) is 0.644. The van der Waals surface area contributed by atoms with Crippen LogP contribution < -0.4 is 10.9 Å². The van der Waals surface area contributed by atoms with E-state index in [0.717, 1.165) is 12.1 Å². The Morgan fingerprint density at radius 1 is 1.23 bits per heavy atom. The van der Waals surface area contributed by atoms with Gasteiger partial charge in [0, 0.05) is 24.1 Å². The van der Waals surface area contributed by atoms with Gasteiger partial charge < -0.3 is 14.5 Å². The lowest BCUT2D eigenvalue weighted by atomic mass is 10.1. The summed E-state index contributed by atoms with van der Waals surface area (Å²) in [7, 11) is 0. The van der Waals surface area contributed by atoms with Gasteiger partial charge in [-0.3, -0.25) is 14.6 Å². The molecule has 7 nitrogen and oxygen atoms in total. The van der Waals surface area contributed by atoms with Crippen molar-refractivity contribution in [3.63, 3.8) is 0 Å². The highest BCUT2D eigenvalue weighted by Crippen LogP contribution is 2.34. The smallest absolute Gasteiger partial charge is 0.418 e. The van der Waals surface area contributed by atoms with Gasteiger partial charge in [0.05, 0.1) is 16.9 Å². The number of para-hydroxylation sites is 1. The Kier molecular flexibility index (Phi) is 5.59. The molecule has 0 radical (unpaired) electrons. The van der Waals surface area contributed by atoms with Crippen LogP contribution in [0.15, 0.2) is 45.7 Å². The summed E-state index contributed by atoms with van der Waals surface area (Å²) in [6, 6.07) is 5.56. The lowest BCUT2D eigenvalue weighted by Crippen LogP contribution is -2.22. The number of nitrogens with zero attached hydrogens (tertiary/aromatic N) is 1. The molecule has 2 aromatic heterocycles. The van der Waals surface area contributed by atoms with Crippen LogP contribution in [0.25, 0.3) is 11.0 Å². The first-order valence-electron chi connectivity index (χ1n) is 8.61. The minimum atomic E-state index is -4.70. The van der Waals surface area contributed by atoms with E-state index in [4.69, 9.17) is 9.15 Å². The fourth-order valence-corrected chi connectivity index (χ4v) is 2.76. The van der Waals surface area contributed by atoms with Crippen LogP contribution in [0.2, 0.25) is 0 Å². The highest BCUT2D eigenvalue weighted by molar-refractivity contribution is 6.06. The van der Waals surface area contributed by atoms with Crippen molar-refractivity contribution in [1.29, 1.82) is 0 Å². The standard InChI is InChI=1S/C20H15F3N2O5/c1-10-17-13(12(8-24-10)9-29-11(2)26)7-14(19(28)30-17)18(27)25-16-6-4-3-5-15(16)20(21,22)23/h3-8H,9H2,1-2H3,(H,25,27). The van der Waals surface area contributed by atoms with Gasteiger partial charge >= 0.3 is 17.8 Å². The number of hydrogen-bond donors (Lipinski definition) is 1. The molecule has 0 unspecified atom stereocenters. The maximum Gasteiger partial charge on any atom is 0.418 e. The van der Waals surface area contributed by atoms with Crippen molar-refractivity contribution >= 4 is 28.5 Å². The number of ether oxygens (including phenoxy) is 1. The molecule has 3 aromatic rings. The zero-order valence-corrected chi connectivity index (χ0v) is 15.8. The van der Waals surface area contributed by atoms with Crippen LogP contribution in [0.1, 0.15) is 34.1 Å². The number of carbonyl (C=O) groups is 2. The number of nitrogens with one attached hydrogen (secondary N) is 1. The van der Waals surface area contributed by atoms with E-state index in [0.29, 0.717) is 11.3 Å². The first-order valence-corrected chi connectivity index (χ1v) is 8.61. The zero-order valence-electron chi connectivity index (χ0n) is 15.8. The van der Waals surface area contributed by atoms with Crippen molar-refractivity contribution in [1.82, 2.24) is 4.98 Å². The number of pyridine rings is 1. The molecule has 0 saturated carbocycles. The summed E-state index contributed by atoms with van der Waals surface area (Å²) in [5.74, 6) is -1.63. The molecule has 0 aliphatic heterocycles. The van der Waals surface area contributed by atoms with Gasteiger partial charge in [-0.05, 0) is 25.1 Å². The van der Waals surface area contributed by atoms with Gasteiger partial charge in [0.1, 0.15) is 12.2 Å². The third-order valence-electron chi connectivity index (χ3n) is 4.19. The number of carbonyl (C=O) groups excluding carboxylic acids is 2. The average molecular weight is 420 g/mol. The number of benzene rings is 1. The third kappa shape index (κ3) is 4.32. The Bertz CT molecular complexity index is 1200. The largest absolute Gasteiger partial charge is 0.461 e. The molecular formula is C20H15F3N2O5. The van der Waals surface area contributed by atoms with Gasteiger partial charge in [0.15, 0.2) is 5.58 Å². The highest BCUT2D eigenvalue weighted by Gasteiger charge is 2.33. The van der Waals surface area contributed by atoms with E-state index in [1.54, 1.807) is 6.92 Å². The summed E-state index contributed by atoms with van der Waals surface area (Å²) >= 11 is 0. The van der Waals surface area contributed by atoms with E-state index >= 15 is 0 Å². The first kappa shape index (κ1) is 21.0. The normalized spacial score (nSPS) is 11.4. The van der Waals surface area contributed by atoms with Crippen LogP contribution in [-0.4, -0.2) is 16.9 Å². The number of halogens is 3. The molecule has 0 spiro atoms. The summed E-state index contributed by atoms with van der Waals surface area (Å²) in [6.07, 6.45) is -3.31. The van der Waals surface area contributed by atoms with E-state index < -0.39 is 40.5 Å². The maximum absolute atomic E-state index is 13.2. The minimum Gasteiger partial charge on any atom is -0.461 e. The first-order chi connectivity index (χ1) is 14.1. The van der Waals surface area contributed by atoms with Gasteiger partial charge in [-0.25, -0.2) is 4.79 Å². The molecule has 10 heteroatoms. The number of esters is 1. The Morgan fingerprint density at radius 2 is 1.93 bits per heavy atom. The Balaban J connectivity index is 2.05. The molecule has 0 fully saturated rings. The molecule has 2 heterocycles. The van der Waals surface area contributed by atoms with Crippen molar-refractivity contribution in [3.8, 4) is 0 Å². The fourth-order valence-electron chi connectivity index (χ4n) is 2.76. The van der Waals surface area contributed by atoms with Gasteiger partial charge in [-0.15, -0.1) is 0 Å². The van der Waals surface area contributed by atoms with Crippen LogP contribution in [0, 0.1) is 6.92 Å². The van der Waals surface area contributed by atoms with Gasteiger partial charge in [-0.2, -0.15) is 13.2 Å². The number of aryl methyl sites for hydroxylation is 1. The summed E-state index contributed by atoms with van der Waals surface area (Å²) < 4.78 is 49.6. The van der Waals surface area contributed by atoms with Crippen LogP contribution in [0.3, 0.4) is 0 Å². The van der Waals surface area contributed by atoms with Crippen molar-refractivity contribution in [2.45, 2.75) is 26.6 Å². The predicted octanol–water partition coefficient (Wildman–Crippen LogP) is 3.83. The van der Waals surface area contributed by atoms with Crippen LogP contribution in [0.5, 0.6) is 0 Å². The third-order valence-corrected chi connectivity index (χ3v) is 4.19. The number of aromatic nitrogens is 1. The molecule has 1 amide bonds. The molecule has 0 saturated heterocycles. The molecule has 156 valence electrons. The number of hydrogen-bond acceptors (Lipinski definition) is 6. The van der Waals surface area contributed by atoms with Gasteiger partial charge in [0.25, 0.3) is 5.91 Å². The zero-order chi connectivity index (χ0) is 22.1. The topological polar surface area (TPSA) is 98.5 Å².